The van der Waals surface area contributed by atoms with Gasteiger partial charge in [-0.05, 0) is 73.3 Å². The first-order chi connectivity index (χ1) is 16.8. The number of alkyl halides is 2. The number of benzene rings is 2. The summed E-state index contributed by atoms with van der Waals surface area (Å²) in [6.07, 6.45) is 0.688. The third-order valence-electron chi connectivity index (χ3n) is 6.33. The average Bonchev–Trinajstić information content (AvgIpc) is 3.52. The summed E-state index contributed by atoms with van der Waals surface area (Å²) in [5, 5.41) is 13.9. The van der Waals surface area contributed by atoms with Crippen LogP contribution in [0.1, 0.15) is 29.4 Å². The molecule has 0 spiro atoms. The second-order valence-corrected chi connectivity index (χ2v) is 9.89. The summed E-state index contributed by atoms with van der Waals surface area (Å²) in [6, 6.07) is 8.82. The number of thiophene rings is 1. The molecule has 3 aromatic rings. The summed E-state index contributed by atoms with van der Waals surface area (Å²) in [6.45, 7) is 2.53. The van der Waals surface area contributed by atoms with E-state index in [9.17, 15) is 14.3 Å². The number of halogens is 3. The third-order valence-corrected chi connectivity index (χ3v) is 7.52. The van der Waals surface area contributed by atoms with Gasteiger partial charge in [-0.2, -0.15) is 8.78 Å². The van der Waals surface area contributed by atoms with Crippen LogP contribution in [-0.2, 0) is 10.7 Å². The van der Waals surface area contributed by atoms with Crippen molar-refractivity contribution in [3.05, 3.63) is 58.7 Å². The first-order valence-electron chi connectivity index (χ1n) is 11.5. The number of hydrogen-bond acceptors (Lipinski definition) is 6. The lowest BCUT2D eigenvalue weighted by molar-refractivity contribution is -0.148. The molecular formula is C25H25F3N2O4S. The van der Waals surface area contributed by atoms with Gasteiger partial charge >= 0.3 is 5.92 Å². The zero-order chi connectivity index (χ0) is 24.6. The number of hydrogen-bond donors (Lipinski definition) is 2. The Morgan fingerprint density at radius 1 is 1.09 bits per heavy atom. The lowest BCUT2D eigenvalue weighted by Crippen LogP contribution is -2.50. The highest BCUT2D eigenvalue weighted by Gasteiger charge is 2.44. The predicted octanol–water partition coefficient (Wildman–Crippen LogP) is 4.22. The number of aliphatic hydroxyl groups is 1. The van der Waals surface area contributed by atoms with E-state index < -0.39 is 34.7 Å². The van der Waals surface area contributed by atoms with Gasteiger partial charge < -0.3 is 24.8 Å². The molecule has 2 N–H and O–H groups in total. The summed E-state index contributed by atoms with van der Waals surface area (Å²) in [7, 11) is 0. The highest BCUT2D eigenvalue weighted by Crippen LogP contribution is 2.38. The third kappa shape index (κ3) is 4.96. The van der Waals surface area contributed by atoms with E-state index in [1.165, 1.54) is 12.1 Å². The van der Waals surface area contributed by atoms with Crippen LogP contribution in [0.3, 0.4) is 0 Å². The lowest BCUT2D eigenvalue weighted by Gasteiger charge is -2.30. The zero-order valence-electron chi connectivity index (χ0n) is 18.8. The van der Waals surface area contributed by atoms with Crippen LogP contribution in [0.2, 0.25) is 0 Å². The fourth-order valence-electron chi connectivity index (χ4n) is 4.48. The molecule has 35 heavy (non-hydrogen) atoms. The number of ether oxygens (including phenoxy) is 2. The van der Waals surface area contributed by atoms with Crippen molar-refractivity contribution in [3.63, 3.8) is 0 Å². The van der Waals surface area contributed by atoms with Gasteiger partial charge in [-0.15, -0.1) is 11.3 Å². The topological polar surface area (TPSA) is 71.0 Å². The highest BCUT2D eigenvalue weighted by atomic mass is 32.1. The van der Waals surface area contributed by atoms with Crippen molar-refractivity contribution in [2.75, 3.05) is 32.8 Å². The van der Waals surface area contributed by atoms with Crippen molar-refractivity contribution in [2.45, 2.75) is 30.9 Å². The van der Waals surface area contributed by atoms with E-state index in [1.54, 1.807) is 18.2 Å². The van der Waals surface area contributed by atoms with E-state index in [0.29, 0.717) is 40.4 Å². The molecule has 5 rings (SSSR count). The molecule has 0 bridgehead atoms. The molecular weight excluding hydrogens is 481 g/mol. The van der Waals surface area contributed by atoms with E-state index in [0.717, 1.165) is 49.4 Å². The van der Waals surface area contributed by atoms with Crippen molar-refractivity contribution in [1.29, 1.82) is 0 Å². The van der Waals surface area contributed by atoms with Crippen molar-refractivity contribution < 1.29 is 32.5 Å². The Morgan fingerprint density at radius 2 is 1.83 bits per heavy atom. The van der Waals surface area contributed by atoms with Crippen molar-refractivity contribution in [3.8, 4) is 11.5 Å². The quantitative estimate of drug-likeness (QED) is 0.502. The van der Waals surface area contributed by atoms with Gasteiger partial charge in [0, 0.05) is 11.2 Å². The number of aliphatic hydroxyl groups excluding tert-OH is 1. The number of carbonyl (C=O) groups excluding carboxylic acids is 1. The lowest BCUT2D eigenvalue weighted by atomic mass is 10.0. The number of amides is 1. The first kappa shape index (κ1) is 23.9. The molecule has 186 valence electrons. The fourth-order valence-corrected chi connectivity index (χ4v) is 5.50. The van der Waals surface area contributed by atoms with Crippen LogP contribution in [0, 0.1) is 5.82 Å². The Hall–Kier alpha value is -2.82. The standard InChI is InChI=1S/C25H25F3N2O4S/c26-17-4-6-21-16(11-17)13-22(35-21)25(27,28)24(32)29-18(14-30-7-1-2-8-30)23(31)15-3-5-19-20(12-15)34-10-9-33-19/h3-6,11-13,18,23,31H,1-2,7-10,14H2,(H,29,32)/t18-,23-/m1/s1. The molecule has 0 radical (unpaired) electrons. The van der Waals surface area contributed by atoms with E-state index >= 15 is 8.78 Å². The second kappa shape index (κ2) is 9.67. The number of likely N-dealkylation sites (tertiary alicyclic amines) is 1. The van der Waals surface area contributed by atoms with Crippen LogP contribution in [0.15, 0.2) is 42.5 Å². The van der Waals surface area contributed by atoms with Crippen LogP contribution >= 0.6 is 11.3 Å². The van der Waals surface area contributed by atoms with Gasteiger partial charge in [0.1, 0.15) is 25.1 Å². The van der Waals surface area contributed by atoms with Crippen LogP contribution < -0.4 is 14.8 Å². The van der Waals surface area contributed by atoms with Crippen LogP contribution in [0.5, 0.6) is 11.5 Å². The van der Waals surface area contributed by atoms with Gasteiger partial charge in [0.15, 0.2) is 11.5 Å². The average molecular weight is 507 g/mol. The Morgan fingerprint density at radius 3 is 2.60 bits per heavy atom. The minimum absolute atomic E-state index is 0.217. The number of nitrogens with one attached hydrogen (secondary N) is 1. The molecule has 1 fully saturated rings. The molecule has 2 atom stereocenters. The van der Waals surface area contributed by atoms with Gasteiger partial charge in [-0.1, -0.05) is 6.07 Å². The van der Waals surface area contributed by atoms with Gasteiger partial charge in [0.05, 0.1) is 10.9 Å². The zero-order valence-corrected chi connectivity index (χ0v) is 19.6. The number of rotatable bonds is 7. The number of carbonyl (C=O) groups is 1. The van der Waals surface area contributed by atoms with Crippen LogP contribution in [-0.4, -0.2) is 54.8 Å². The maximum atomic E-state index is 15.2. The summed E-state index contributed by atoms with van der Waals surface area (Å²) in [5.74, 6) is -4.90. The molecule has 2 aliphatic rings. The monoisotopic (exact) mass is 506 g/mol. The summed E-state index contributed by atoms with van der Waals surface area (Å²) in [4.78, 5) is 14.4. The molecule has 0 aliphatic carbocycles. The largest absolute Gasteiger partial charge is 0.486 e. The smallest absolute Gasteiger partial charge is 0.358 e. The van der Waals surface area contributed by atoms with E-state index in [-0.39, 0.29) is 6.54 Å². The predicted molar refractivity (Wildman–Crippen MR) is 126 cm³/mol. The van der Waals surface area contributed by atoms with Crippen molar-refractivity contribution >= 4 is 27.3 Å². The maximum Gasteiger partial charge on any atom is 0.358 e. The Labute approximate surface area is 204 Å². The maximum absolute atomic E-state index is 15.2. The molecule has 1 aromatic heterocycles. The first-order valence-corrected chi connectivity index (χ1v) is 12.3. The molecule has 2 aromatic carbocycles. The minimum atomic E-state index is -3.85. The molecule has 3 heterocycles. The Kier molecular flexibility index (Phi) is 6.61. The SMILES string of the molecule is O=C(N[C@H](CN1CCCC1)[C@H](O)c1ccc2c(c1)OCCO2)C(F)(F)c1cc2cc(F)ccc2s1. The van der Waals surface area contributed by atoms with Crippen LogP contribution in [0.25, 0.3) is 10.1 Å². The molecule has 2 aliphatic heterocycles. The molecule has 10 heteroatoms. The normalized spacial score (nSPS) is 17.9. The van der Waals surface area contributed by atoms with E-state index in [4.69, 9.17) is 9.47 Å². The summed E-state index contributed by atoms with van der Waals surface area (Å²) in [5.41, 5.74) is 0.430. The fraction of sp³-hybridized carbons (Fsp3) is 0.400. The van der Waals surface area contributed by atoms with Gasteiger partial charge in [0.2, 0.25) is 0 Å². The van der Waals surface area contributed by atoms with Gasteiger partial charge in [0.25, 0.3) is 5.91 Å². The molecule has 1 amide bonds. The number of fused-ring (bicyclic) bond motifs is 2. The highest BCUT2D eigenvalue weighted by molar-refractivity contribution is 7.19. The summed E-state index contributed by atoms with van der Waals surface area (Å²) >= 11 is 0.741. The van der Waals surface area contributed by atoms with Crippen molar-refractivity contribution in [2.24, 2.45) is 0 Å². The Balaban J connectivity index is 1.39. The number of nitrogens with zero attached hydrogens (tertiary/aromatic N) is 1. The van der Waals surface area contributed by atoms with E-state index in [1.807, 2.05) is 4.90 Å². The minimum Gasteiger partial charge on any atom is -0.486 e. The molecule has 0 unspecified atom stereocenters. The second-order valence-electron chi connectivity index (χ2n) is 8.80. The van der Waals surface area contributed by atoms with Gasteiger partial charge in [-0.3, -0.25) is 4.79 Å². The van der Waals surface area contributed by atoms with E-state index in [2.05, 4.69) is 5.32 Å². The molecule has 1 saturated heterocycles. The van der Waals surface area contributed by atoms with Crippen LogP contribution in [0.4, 0.5) is 13.2 Å². The Bertz CT molecular complexity index is 1230. The molecule has 6 nitrogen and oxygen atoms in total. The summed E-state index contributed by atoms with van der Waals surface area (Å²) < 4.78 is 55.5. The van der Waals surface area contributed by atoms with Gasteiger partial charge in [-0.25, -0.2) is 4.39 Å². The molecule has 0 saturated carbocycles. The van der Waals surface area contributed by atoms with Crippen molar-refractivity contribution in [1.82, 2.24) is 10.2 Å².